The molecule has 1 saturated heterocycles. The maximum absolute atomic E-state index is 12.7. The van der Waals surface area contributed by atoms with Gasteiger partial charge in [0.1, 0.15) is 18.4 Å². The summed E-state index contributed by atoms with van der Waals surface area (Å²) in [4.78, 5) is 62.4. The zero-order valence-corrected chi connectivity index (χ0v) is 16.8. The molecule has 31 heavy (non-hydrogen) atoms. The van der Waals surface area contributed by atoms with Gasteiger partial charge in [-0.1, -0.05) is 12.1 Å². The number of amidine groups is 1. The number of piperazine rings is 1. The van der Waals surface area contributed by atoms with E-state index in [-0.39, 0.29) is 24.5 Å². The van der Waals surface area contributed by atoms with Crippen molar-refractivity contribution in [3.05, 3.63) is 35.4 Å². The molecule has 12 nitrogen and oxygen atoms in total. The average molecular weight is 433 g/mol. The fourth-order valence-electron chi connectivity index (χ4n) is 3.06. The molecule has 166 valence electrons. The number of nitrogens with zero attached hydrogens (tertiary/aromatic N) is 2. The van der Waals surface area contributed by atoms with E-state index < -0.39 is 55.2 Å². The maximum Gasteiger partial charge on any atom is 0.323 e. The number of hydrogen-bond donors (Lipinski definition) is 4. The number of nitrogens with two attached hydrogens (primary N) is 1. The van der Waals surface area contributed by atoms with Crippen LogP contribution in [0.5, 0.6) is 0 Å². The third-order valence-corrected chi connectivity index (χ3v) is 4.68. The van der Waals surface area contributed by atoms with Gasteiger partial charge in [0, 0.05) is 24.2 Å². The van der Waals surface area contributed by atoms with Crippen LogP contribution in [0.4, 0.5) is 0 Å². The normalized spacial score (nSPS) is 15.9. The molecule has 0 unspecified atom stereocenters. The average Bonchev–Trinajstić information content (AvgIpc) is 2.74. The van der Waals surface area contributed by atoms with Gasteiger partial charge in [-0.25, -0.2) is 0 Å². The third-order valence-electron chi connectivity index (χ3n) is 4.68. The molecule has 0 spiro atoms. The molecule has 0 aliphatic carbocycles. The van der Waals surface area contributed by atoms with Crippen LogP contribution in [0.3, 0.4) is 0 Å². The second-order valence-electron chi connectivity index (χ2n) is 6.71. The number of ether oxygens (including phenoxy) is 1. The van der Waals surface area contributed by atoms with Crippen molar-refractivity contribution in [3.8, 4) is 0 Å². The highest BCUT2D eigenvalue weighted by molar-refractivity contribution is 6.00. The van der Waals surface area contributed by atoms with E-state index in [1.807, 2.05) is 0 Å². The van der Waals surface area contributed by atoms with Gasteiger partial charge in [-0.3, -0.25) is 29.4 Å². The zero-order chi connectivity index (χ0) is 23.1. The zero-order valence-electron chi connectivity index (χ0n) is 16.8. The number of carbonyl (C=O) groups is 5. The fraction of sp³-hybridized carbons (Fsp3) is 0.368. The van der Waals surface area contributed by atoms with Crippen molar-refractivity contribution in [3.63, 3.8) is 0 Å². The number of methoxy groups -OCH3 is 1. The van der Waals surface area contributed by atoms with Crippen molar-refractivity contribution < 1.29 is 33.8 Å². The Hall–Kier alpha value is -3.96. The number of benzene rings is 1. The van der Waals surface area contributed by atoms with Crippen molar-refractivity contribution in [2.45, 2.75) is 12.5 Å². The third kappa shape index (κ3) is 6.01. The largest absolute Gasteiger partial charge is 0.480 e. The van der Waals surface area contributed by atoms with E-state index in [0.717, 1.165) is 16.9 Å². The smallest absolute Gasteiger partial charge is 0.323 e. The quantitative estimate of drug-likeness (QED) is 0.214. The number of aliphatic carboxylic acids is 1. The van der Waals surface area contributed by atoms with E-state index in [0.29, 0.717) is 5.56 Å². The molecule has 5 N–H and O–H groups in total. The van der Waals surface area contributed by atoms with E-state index >= 15 is 0 Å². The summed E-state index contributed by atoms with van der Waals surface area (Å²) in [6.07, 6.45) is -0.433. The Balaban J connectivity index is 2.06. The van der Waals surface area contributed by atoms with Crippen LogP contribution in [0.25, 0.3) is 0 Å². The summed E-state index contributed by atoms with van der Waals surface area (Å²) in [5, 5.41) is 18.7. The Morgan fingerprint density at radius 2 is 1.81 bits per heavy atom. The summed E-state index contributed by atoms with van der Waals surface area (Å²) in [5.74, 6) is -3.94. The van der Waals surface area contributed by atoms with Crippen LogP contribution in [0.2, 0.25) is 0 Å². The molecule has 1 aliphatic rings. The minimum absolute atomic E-state index is 0.00267. The summed E-state index contributed by atoms with van der Waals surface area (Å²) in [5.41, 5.74) is 6.04. The minimum Gasteiger partial charge on any atom is -0.480 e. The van der Waals surface area contributed by atoms with Crippen molar-refractivity contribution in [1.29, 1.82) is 5.41 Å². The molecule has 1 heterocycles. The molecule has 1 aromatic rings. The van der Waals surface area contributed by atoms with Crippen LogP contribution in [0, 0.1) is 5.41 Å². The molecule has 3 amide bonds. The number of nitrogen functional groups attached to an aromatic ring is 1. The van der Waals surface area contributed by atoms with Gasteiger partial charge < -0.3 is 30.7 Å². The van der Waals surface area contributed by atoms with Crippen molar-refractivity contribution in [2.24, 2.45) is 5.73 Å². The minimum atomic E-state index is -1.22. The van der Waals surface area contributed by atoms with E-state index in [9.17, 15) is 24.0 Å². The Kier molecular flexibility index (Phi) is 7.66. The molecule has 0 bridgehead atoms. The highest BCUT2D eigenvalue weighted by Crippen LogP contribution is 2.16. The highest BCUT2D eigenvalue weighted by Gasteiger charge is 2.39. The lowest BCUT2D eigenvalue weighted by molar-refractivity contribution is -0.158. The van der Waals surface area contributed by atoms with Crippen molar-refractivity contribution >= 4 is 35.5 Å². The van der Waals surface area contributed by atoms with Gasteiger partial charge >= 0.3 is 11.9 Å². The Morgan fingerprint density at radius 1 is 1.19 bits per heavy atom. The van der Waals surface area contributed by atoms with Gasteiger partial charge in [0.15, 0.2) is 0 Å². The van der Waals surface area contributed by atoms with Gasteiger partial charge in [0.05, 0.1) is 20.1 Å². The molecular weight excluding hydrogens is 410 g/mol. The Morgan fingerprint density at radius 3 is 2.35 bits per heavy atom. The second kappa shape index (κ2) is 10.2. The topological polar surface area (TPSA) is 183 Å². The first kappa shape index (κ1) is 23.3. The van der Waals surface area contributed by atoms with Crippen LogP contribution in [0.1, 0.15) is 22.3 Å². The molecule has 0 aromatic heterocycles. The van der Waals surface area contributed by atoms with Crippen LogP contribution in [0.15, 0.2) is 24.3 Å². The van der Waals surface area contributed by atoms with Crippen LogP contribution in [-0.4, -0.2) is 89.7 Å². The summed E-state index contributed by atoms with van der Waals surface area (Å²) >= 11 is 0. The molecule has 1 atom stereocenters. The molecule has 1 fully saturated rings. The summed E-state index contributed by atoms with van der Waals surface area (Å²) in [6.45, 7) is -1.000. The first-order valence-electron chi connectivity index (χ1n) is 9.23. The number of hydrogen-bond acceptors (Lipinski definition) is 7. The fourth-order valence-corrected chi connectivity index (χ4v) is 3.06. The lowest BCUT2D eigenvalue weighted by atomic mass is 10.1. The lowest BCUT2D eigenvalue weighted by Crippen LogP contribution is -2.61. The maximum atomic E-state index is 12.7. The number of esters is 1. The van der Waals surface area contributed by atoms with E-state index in [1.54, 1.807) is 0 Å². The number of carbonyl (C=O) groups excluding carboxylic acids is 4. The van der Waals surface area contributed by atoms with Gasteiger partial charge in [-0.05, 0) is 12.1 Å². The number of nitrogens with one attached hydrogen (secondary N) is 2. The molecule has 2 rings (SSSR count). The number of carboxylic acid groups (broad SMARTS) is 1. The molecule has 0 saturated carbocycles. The van der Waals surface area contributed by atoms with Crippen LogP contribution in [-0.2, 0) is 23.9 Å². The Labute approximate surface area is 177 Å². The molecule has 1 aromatic carbocycles. The van der Waals surface area contributed by atoms with E-state index in [4.69, 9.17) is 16.2 Å². The van der Waals surface area contributed by atoms with Gasteiger partial charge in [0.25, 0.3) is 5.91 Å². The van der Waals surface area contributed by atoms with Crippen molar-refractivity contribution in [2.75, 3.05) is 33.3 Å². The second-order valence-corrected chi connectivity index (χ2v) is 6.71. The van der Waals surface area contributed by atoms with Gasteiger partial charge in [0.2, 0.25) is 11.8 Å². The predicted octanol–water partition coefficient (Wildman–Crippen LogP) is -1.61. The predicted molar refractivity (Wildman–Crippen MR) is 106 cm³/mol. The molecular formula is C19H23N5O7. The summed E-state index contributed by atoms with van der Waals surface area (Å²) in [6, 6.07) is 4.66. The molecule has 1 aliphatic heterocycles. The van der Waals surface area contributed by atoms with E-state index in [2.05, 4.69) is 10.1 Å². The standard InChI is InChI=1S/C19H23N5O7/c1-31-16(28)8-13-19(30)23(10-15(26)27)6-7-24(13)14(25)9-22-18(29)12-4-2-11(3-5-12)17(20)21/h2-5,13H,6-10H2,1H3,(H3,20,21)(H,22,29)(H,26,27)/t13-/m0/s1. The first-order chi connectivity index (χ1) is 14.6. The van der Waals surface area contributed by atoms with Crippen LogP contribution >= 0.6 is 0 Å². The number of rotatable bonds is 8. The van der Waals surface area contributed by atoms with E-state index in [1.165, 1.54) is 24.3 Å². The SMILES string of the molecule is COC(=O)C[C@H]1C(=O)N(CC(=O)O)CCN1C(=O)CNC(=O)c1ccc(C(=N)N)cc1. The number of carboxylic acids is 1. The van der Waals surface area contributed by atoms with Gasteiger partial charge in [-0.15, -0.1) is 0 Å². The molecule has 0 radical (unpaired) electrons. The monoisotopic (exact) mass is 433 g/mol. The molecule has 12 heteroatoms. The van der Waals surface area contributed by atoms with Crippen LogP contribution < -0.4 is 11.1 Å². The Bertz CT molecular complexity index is 899. The van der Waals surface area contributed by atoms with Crippen molar-refractivity contribution in [1.82, 2.24) is 15.1 Å². The summed E-state index contributed by atoms with van der Waals surface area (Å²) in [7, 11) is 1.13. The lowest BCUT2D eigenvalue weighted by Gasteiger charge is -2.39. The summed E-state index contributed by atoms with van der Waals surface area (Å²) < 4.78 is 4.57. The first-order valence-corrected chi connectivity index (χ1v) is 9.23. The van der Waals surface area contributed by atoms with Gasteiger partial charge in [-0.2, -0.15) is 0 Å². The number of amides is 3. The highest BCUT2D eigenvalue weighted by atomic mass is 16.5.